The lowest BCUT2D eigenvalue weighted by Gasteiger charge is -1.95. The molecule has 0 bridgehead atoms. The smallest absolute Gasteiger partial charge is 0.0900 e. The Morgan fingerprint density at radius 3 is 2.77 bits per heavy atom. The van der Waals surface area contributed by atoms with Crippen LogP contribution in [-0.4, -0.2) is 9.97 Å². The van der Waals surface area contributed by atoms with Crippen LogP contribution in [0.25, 0.3) is 10.4 Å². The van der Waals surface area contributed by atoms with E-state index in [1.165, 1.54) is 0 Å². The highest BCUT2D eigenvalue weighted by Gasteiger charge is 2.01. The van der Waals surface area contributed by atoms with E-state index in [9.17, 15) is 0 Å². The molecule has 0 saturated carbocycles. The van der Waals surface area contributed by atoms with E-state index in [0.717, 1.165) is 19.9 Å². The summed E-state index contributed by atoms with van der Waals surface area (Å²) in [5.74, 6) is 0. The Hall–Kier alpha value is -0.740. The molecule has 2 aromatic heterocycles. The average Bonchev–Trinajstić information content (AvgIpc) is 2.52. The van der Waals surface area contributed by atoms with Crippen LogP contribution in [0, 0.1) is 6.92 Å². The zero-order valence-corrected chi connectivity index (χ0v) is 9.39. The first kappa shape index (κ1) is 8.84. The van der Waals surface area contributed by atoms with Gasteiger partial charge in [-0.2, -0.15) is 0 Å². The number of thiazole rings is 1. The molecule has 0 spiro atoms. The van der Waals surface area contributed by atoms with Gasteiger partial charge >= 0.3 is 0 Å². The molecule has 0 aliphatic carbocycles. The summed E-state index contributed by atoms with van der Waals surface area (Å²) in [6, 6.07) is 2.04. The minimum Gasteiger partial charge on any atom is -0.263 e. The van der Waals surface area contributed by atoms with Crippen LogP contribution in [0.1, 0.15) is 5.01 Å². The van der Waals surface area contributed by atoms with Crippen LogP contribution in [0.3, 0.4) is 0 Å². The zero-order valence-electron chi connectivity index (χ0n) is 6.99. The molecule has 0 aliphatic rings. The Bertz CT molecular complexity index is 425. The fourth-order valence-electron chi connectivity index (χ4n) is 1.04. The number of rotatable bonds is 1. The van der Waals surface area contributed by atoms with Crippen molar-refractivity contribution >= 4 is 27.3 Å². The Labute approximate surface area is 88.8 Å². The van der Waals surface area contributed by atoms with Crippen LogP contribution in [0.15, 0.2) is 29.1 Å². The molecule has 2 nitrogen and oxygen atoms in total. The summed E-state index contributed by atoms with van der Waals surface area (Å²) in [5.41, 5.74) is 1.11. The Morgan fingerprint density at radius 1 is 1.31 bits per heavy atom. The molecular weight excluding hydrogens is 248 g/mol. The molecule has 0 fully saturated rings. The molecule has 2 heterocycles. The van der Waals surface area contributed by atoms with E-state index >= 15 is 0 Å². The van der Waals surface area contributed by atoms with Crippen molar-refractivity contribution in [3.8, 4) is 10.4 Å². The maximum atomic E-state index is 4.20. The van der Waals surface area contributed by atoms with Crippen LogP contribution in [0.2, 0.25) is 0 Å². The van der Waals surface area contributed by atoms with E-state index in [1.807, 2.05) is 25.4 Å². The molecule has 4 heteroatoms. The van der Waals surface area contributed by atoms with Gasteiger partial charge in [-0.1, -0.05) is 0 Å². The third kappa shape index (κ3) is 1.95. The van der Waals surface area contributed by atoms with Gasteiger partial charge in [0.15, 0.2) is 0 Å². The largest absolute Gasteiger partial charge is 0.263 e. The molecule has 2 rings (SSSR count). The predicted molar refractivity (Wildman–Crippen MR) is 57.8 cm³/mol. The average molecular weight is 255 g/mol. The summed E-state index contributed by atoms with van der Waals surface area (Å²) >= 11 is 5.07. The van der Waals surface area contributed by atoms with E-state index < -0.39 is 0 Å². The Balaban J connectivity index is 2.46. The van der Waals surface area contributed by atoms with Gasteiger partial charge in [0.2, 0.25) is 0 Å². The number of hydrogen-bond donors (Lipinski definition) is 0. The van der Waals surface area contributed by atoms with Gasteiger partial charge in [-0.3, -0.25) is 4.98 Å². The SMILES string of the molecule is Cc1ncc(-c2cncc(Br)c2)s1. The molecule has 0 unspecified atom stereocenters. The van der Waals surface area contributed by atoms with Crippen molar-refractivity contribution in [2.45, 2.75) is 6.92 Å². The Morgan fingerprint density at radius 2 is 2.15 bits per heavy atom. The lowest BCUT2D eigenvalue weighted by molar-refractivity contribution is 1.29. The van der Waals surface area contributed by atoms with Crippen molar-refractivity contribution in [1.29, 1.82) is 0 Å². The first-order valence-electron chi connectivity index (χ1n) is 3.79. The third-order valence-corrected chi connectivity index (χ3v) is 3.01. The quantitative estimate of drug-likeness (QED) is 0.781. The van der Waals surface area contributed by atoms with Gasteiger partial charge in [-0.25, -0.2) is 4.98 Å². The summed E-state index contributed by atoms with van der Waals surface area (Å²) in [7, 11) is 0. The van der Waals surface area contributed by atoms with Gasteiger partial charge < -0.3 is 0 Å². The standard InChI is InChI=1S/C9H7BrN2S/c1-6-12-5-9(13-6)7-2-8(10)4-11-3-7/h2-5H,1H3. The van der Waals surface area contributed by atoms with Gasteiger partial charge in [0.1, 0.15) is 0 Å². The van der Waals surface area contributed by atoms with Crippen molar-refractivity contribution in [2.75, 3.05) is 0 Å². The second kappa shape index (κ2) is 3.55. The van der Waals surface area contributed by atoms with E-state index in [2.05, 4.69) is 25.9 Å². The maximum absolute atomic E-state index is 4.20. The predicted octanol–water partition coefficient (Wildman–Crippen LogP) is 3.28. The van der Waals surface area contributed by atoms with Crippen LogP contribution >= 0.6 is 27.3 Å². The van der Waals surface area contributed by atoms with Gasteiger partial charge in [0, 0.05) is 28.6 Å². The van der Waals surface area contributed by atoms with Gasteiger partial charge in [-0.05, 0) is 28.9 Å². The molecule has 0 aliphatic heterocycles. The van der Waals surface area contributed by atoms with Crippen molar-refractivity contribution in [3.05, 3.63) is 34.1 Å². The number of pyridine rings is 1. The highest BCUT2D eigenvalue weighted by Crippen LogP contribution is 2.26. The molecule has 2 aromatic rings. The summed E-state index contributed by atoms with van der Waals surface area (Å²) < 4.78 is 0.996. The van der Waals surface area contributed by atoms with Crippen LogP contribution in [0.4, 0.5) is 0 Å². The molecule has 13 heavy (non-hydrogen) atoms. The minimum absolute atomic E-state index is 0.996. The van der Waals surface area contributed by atoms with Crippen LogP contribution < -0.4 is 0 Å². The molecule has 0 saturated heterocycles. The molecule has 0 aromatic carbocycles. The van der Waals surface area contributed by atoms with E-state index in [-0.39, 0.29) is 0 Å². The van der Waals surface area contributed by atoms with Crippen molar-refractivity contribution in [2.24, 2.45) is 0 Å². The van der Waals surface area contributed by atoms with Crippen LogP contribution in [-0.2, 0) is 0 Å². The van der Waals surface area contributed by atoms with Crippen LogP contribution in [0.5, 0.6) is 0 Å². The van der Waals surface area contributed by atoms with E-state index in [0.29, 0.717) is 0 Å². The zero-order chi connectivity index (χ0) is 9.26. The number of aryl methyl sites for hydroxylation is 1. The number of nitrogens with zero attached hydrogens (tertiary/aromatic N) is 2. The topological polar surface area (TPSA) is 25.8 Å². The second-order valence-electron chi connectivity index (χ2n) is 2.64. The molecule has 0 amide bonds. The van der Waals surface area contributed by atoms with E-state index in [1.54, 1.807) is 17.5 Å². The first-order chi connectivity index (χ1) is 6.25. The molecular formula is C9H7BrN2S. The van der Waals surface area contributed by atoms with Crippen molar-refractivity contribution < 1.29 is 0 Å². The number of halogens is 1. The fraction of sp³-hybridized carbons (Fsp3) is 0.111. The summed E-state index contributed by atoms with van der Waals surface area (Å²) in [6.07, 6.45) is 5.50. The highest BCUT2D eigenvalue weighted by molar-refractivity contribution is 9.10. The molecule has 0 radical (unpaired) electrons. The van der Waals surface area contributed by atoms with E-state index in [4.69, 9.17) is 0 Å². The second-order valence-corrected chi connectivity index (χ2v) is 4.79. The third-order valence-electron chi connectivity index (χ3n) is 1.61. The first-order valence-corrected chi connectivity index (χ1v) is 5.40. The summed E-state index contributed by atoms with van der Waals surface area (Å²) in [5, 5.41) is 1.08. The van der Waals surface area contributed by atoms with Gasteiger partial charge in [0.25, 0.3) is 0 Å². The Kier molecular flexibility index (Phi) is 2.42. The maximum Gasteiger partial charge on any atom is 0.0900 e. The van der Waals surface area contributed by atoms with Gasteiger partial charge in [0.05, 0.1) is 9.88 Å². The molecule has 66 valence electrons. The van der Waals surface area contributed by atoms with Crippen molar-refractivity contribution in [1.82, 2.24) is 9.97 Å². The number of aromatic nitrogens is 2. The van der Waals surface area contributed by atoms with Crippen molar-refractivity contribution in [3.63, 3.8) is 0 Å². The summed E-state index contributed by atoms with van der Waals surface area (Å²) in [4.78, 5) is 9.46. The lowest BCUT2D eigenvalue weighted by atomic mass is 10.3. The normalized spacial score (nSPS) is 10.3. The molecule has 0 N–H and O–H groups in total. The fourth-order valence-corrected chi connectivity index (χ4v) is 2.16. The van der Waals surface area contributed by atoms with Gasteiger partial charge in [-0.15, -0.1) is 11.3 Å². The summed E-state index contributed by atoms with van der Waals surface area (Å²) in [6.45, 7) is 2.00. The lowest BCUT2D eigenvalue weighted by Crippen LogP contribution is -1.75. The monoisotopic (exact) mass is 254 g/mol. The number of hydrogen-bond acceptors (Lipinski definition) is 3. The highest BCUT2D eigenvalue weighted by atomic mass is 79.9. The molecule has 0 atom stereocenters. The minimum atomic E-state index is 0.996.